The van der Waals surface area contributed by atoms with Crippen LogP contribution in [0.4, 0.5) is 8.78 Å². The number of aliphatic carboxylic acids is 1. The molecule has 1 aromatic rings. The highest BCUT2D eigenvalue weighted by Gasteiger charge is 2.29. The van der Waals surface area contributed by atoms with E-state index in [9.17, 15) is 13.6 Å². The quantitative estimate of drug-likeness (QED) is 0.888. The minimum absolute atomic E-state index is 0.0209. The molecule has 1 aromatic carbocycles. The zero-order valence-corrected chi connectivity index (χ0v) is 10.3. The summed E-state index contributed by atoms with van der Waals surface area (Å²) >= 11 is 0. The van der Waals surface area contributed by atoms with Gasteiger partial charge in [0.2, 0.25) is 0 Å². The first-order valence-corrected chi connectivity index (χ1v) is 6.12. The van der Waals surface area contributed by atoms with E-state index in [-0.39, 0.29) is 12.4 Å². The van der Waals surface area contributed by atoms with E-state index in [1.165, 1.54) is 6.07 Å². The third kappa shape index (κ3) is 3.41. The molecule has 1 N–H and O–H groups in total. The average Bonchev–Trinajstić information content (AvgIpc) is 2.80. The van der Waals surface area contributed by atoms with Crippen LogP contribution >= 0.6 is 0 Å². The minimum atomic E-state index is -0.842. The smallest absolute Gasteiger partial charge is 0.320 e. The molecule has 0 saturated carbocycles. The van der Waals surface area contributed by atoms with Gasteiger partial charge in [0.05, 0.1) is 0 Å². The Labute approximate surface area is 109 Å². The second-order valence-corrected chi connectivity index (χ2v) is 4.46. The van der Waals surface area contributed by atoms with E-state index in [4.69, 9.17) is 9.84 Å². The van der Waals surface area contributed by atoms with E-state index in [1.807, 2.05) is 0 Å². The standard InChI is InChI=1S/C13H15F2NO3/c14-9-3-4-12(10(15)8-9)19-7-6-16-5-1-2-11(16)13(17)18/h3-4,8,11H,1-2,5-7H2,(H,17,18). The van der Waals surface area contributed by atoms with Crippen molar-refractivity contribution in [3.63, 3.8) is 0 Å². The molecular weight excluding hydrogens is 256 g/mol. The summed E-state index contributed by atoms with van der Waals surface area (Å²) < 4.78 is 31.2. The molecule has 1 unspecified atom stereocenters. The summed E-state index contributed by atoms with van der Waals surface area (Å²) in [5.41, 5.74) is 0. The number of likely N-dealkylation sites (tertiary alicyclic amines) is 1. The topological polar surface area (TPSA) is 49.8 Å². The van der Waals surface area contributed by atoms with Crippen molar-refractivity contribution in [1.82, 2.24) is 4.90 Å². The van der Waals surface area contributed by atoms with Gasteiger partial charge in [-0.25, -0.2) is 8.78 Å². The molecule has 0 amide bonds. The molecule has 1 fully saturated rings. The SMILES string of the molecule is O=C(O)C1CCCN1CCOc1ccc(F)cc1F. The van der Waals surface area contributed by atoms with Crippen LogP contribution in [0.15, 0.2) is 18.2 Å². The summed E-state index contributed by atoms with van der Waals surface area (Å²) in [6.45, 7) is 1.28. The van der Waals surface area contributed by atoms with Gasteiger partial charge in [0.25, 0.3) is 0 Å². The van der Waals surface area contributed by atoms with Crippen molar-refractivity contribution in [2.75, 3.05) is 19.7 Å². The third-order valence-corrected chi connectivity index (χ3v) is 3.18. The van der Waals surface area contributed by atoms with Crippen molar-refractivity contribution >= 4 is 5.97 Å². The summed E-state index contributed by atoms with van der Waals surface area (Å²) in [5.74, 6) is -2.27. The number of hydrogen-bond acceptors (Lipinski definition) is 3. The number of carboxylic acids is 1. The van der Waals surface area contributed by atoms with Crippen LogP contribution in [0.2, 0.25) is 0 Å². The number of carbonyl (C=O) groups is 1. The Morgan fingerprint density at radius 3 is 2.95 bits per heavy atom. The van der Waals surface area contributed by atoms with Crippen LogP contribution in [0.25, 0.3) is 0 Å². The molecule has 0 radical (unpaired) electrons. The fraction of sp³-hybridized carbons (Fsp3) is 0.462. The maximum atomic E-state index is 13.3. The van der Waals surface area contributed by atoms with Gasteiger partial charge >= 0.3 is 5.97 Å². The molecule has 0 bridgehead atoms. The van der Waals surface area contributed by atoms with Crippen LogP contribution in [0.5, 0.6) is 5.75 Å². The molecule has 2 rings (SSSR count). The van der Waals surface area contributed by atoms with Gasteiger partial charge in [-0.1, -0.05) is 0 Å². The number of benzene rings is 1. The number of nitrogens with zero attached hydrogens (tertiary/aromatic N) is 1. The van der Waals surface area contributed by atoms with Gasteiger partial charge in [0.1, 0.15) is 18.5 Å². The summed E-state index contributed by atoms with van der Waals surface area (Å²) in [7, 11) is 0. The number of carboxylic acid groups (broad SMARTS) is 1. The predicted molar refractivity (Wildman–Crippen MR) is 64.1 cm³/mol. The first kappa shape index (κ1) is 13.7. The van der Waals surface area contributed by atoms with E-state index < -0.39 is 23.6 Å². The summed E-state index contributed by atoms with van der Waals surface area (Å²) in [6.07, 6.45) is 1.46. The Balaban J connectivity index is 1.84. The van der Waals surface area contributed by atoms with Crippen molar-refractivity contribution in [2.24, 2.45) is 0 Å². The van der Waals surface area contributed by atoms with Gasteiger partial charge in [-0.2, -0.15) is 0 Å². The highest BCUT2D eigenvalue weighted by Crippen LogP contribution is 2.19. The molecule has 0 aliphatic carbocycles. The normalized spacial score (nSPS) is 19.6. The van der Waals surface area contributed by atoms with E-state index in [2.05, 4.69) is 0 Å². The fourth-order valence-electron chi connectivity index (χ4n) is 2.24. The molecular formula is C13H15F2NO3. The molecule has 0 aromatic heterocycles. The van der Waals surface area contributed by atoms with Crippen molar-refractivity contribution in [3.05, 3.63) is 29.8 Å². The summed E-state index contributed by atoms with van der Waals surface area (Å²) in [6, 6.07) is 2.62. The van der Waals surface area contributed by atoms with E-state index in [0.717, 1.165) is 18.6 Å². The second kappa shape index (κ2) is 5.97. The molecule has 6 heteroatoms. The lowest BCUT2D eigenvalue weighted by Gasteiger charge is -2.20. The minimum Gasteiger partial charge on any atom is -0.489 e. The summed E-state index contributed by atoms with van der Waals surface area (Å²) in [5, 5.41) is 8.99. The highest BCUT2D eigenvalue weighted by atomic mass is 19.1. The number of rotatable bonds is 5. The van der Waals surface area contributed by atoms with E-state index >= 15 is 0 Å². The van der Waals surface area contributed by atoms with Crippen molar-refractivity contribution in [3.8, 4) is 5.75 Å². The lowest BCUT2D eigenvalue weighted by atomic mass is 10.2. The molecule has 1 atom stereocenters. The fourth-order valence-corrected chi connectivity index (χ4v) is 2.24. The van der Waals surface area contributed by atoms with Gasteiger partial charge in [0.15, 0.2) is 11.6 Å². The first-order valence-electron chi connectivity index (χ1n) is 6.12. The van der Waals surface area contributed by atoms with Gasteiger partial charge in [-0.05, 0) is 31.5 Å². The van der Waals surface area contributed by atoms with Crippen LogP contribution in [-0.4, -0.2) is 41.7 Å². The number of halogens is 2. The Morgan fingerprint density at radius 2 is 2.26 bits per heavy atom. The molecule has 0 spiro atoms. The van der Waals surface area contributed by atoms with E-state index in [1.54, 1.807) is 4.90 Å². The van der Waals surface area contributed by atoms with Gasteiger partial charge in [-0.15, -0.1) is 0 Å². The largest absolute Gasteiger partial charge is 0.489 e. The first-order chi connectivity index (χ1) is 9.08. The van der Waals surface area contributed by atoms with Gasteiger partial charge < -0.3 is 9.84 Å². The van der Waals surface area contributed by atoms with Crippen LogP contribution in [-0.2, 0) is 4.79 Å². The van der Waals surface area contributed by atoms with Crippen molar-refractivity contribution < 1.29 is 23.4 Å². The number of hydrogen-bond donors (Lipinski definition) is 1. The Kier molecular flexibility index (Phi) is 4.31. The van der Waals surface area contributed by atoms with Crippen molar-refractivity contribution in [1.29, 1.82) is 0 Å². The lowest BCUT2D eigenvalue weighted by Crippen LogP contribution is -2.38. The zero-order chi connectivity index (χ0) is 13.8. The molecule has 104 valence electrons. The van der Waals surface area contributed by atoms with Crippen LogP contribution in [0.3, 0.4) is 0 Å². The zero-order valence-electron chi connectivity index (χ0n) is 10.3. The maximum Gasteiger partial charge on any atom is 0.320 e. The third-order valence-electron chi connectivity index (χ3n) is 3.18. The Morgan fingerprint density at radius 1 is 1.47 bits per heavy atom. The van der Waals surface area contributed by atoms with Crippen molar-refractivity contribution in [2.45, 2.75) is 18.9 Å². The molecule has 1 aliphatic heterocycles. The van der Waals surface area contributed by atoms with Crippen LogP contribution in [0.1, 0.15) is 12.8 Å². The molecule has 1 heterocycles. The molecule has 1 saturated heterocycles. The maximum absolute atomic E-state index is 13.3. The Bertz CT molecular complexity index is 467. The molecule has 19 heavy (non-hydrogen) atoms. The van der Waals surface area contributed by atoms with Gasteiger partial charge in [0, 0.05) is 12.6 Å². The monoisotopic (exact) mass is 271 g/mol. The predicted octanol–water partition coefficient (Wildman–Crippen LogP) is 1.89. The van der Waals surface area contributed by atoms with Gasteiger partial charge in [-0.3, -0.25) is 9.69 Å². The Hall–Kier alpha value is -1.69. The second-order valence-electron chi connectivity index (χ2n) is 4.46. The van der Waals surface area contributed by atoms with E-state index in [0.29, 0.717) is 19.5 Å². The number of ether oxygens (including phenoxy) is 1. The highest BCUT2D eigenvalue weighted by molar-refractivity contribution is 5.73. The lowest BCUT2D eigenvalue weighted by molar-refractivity contribution is -0.142. The molecule has 4 nitrogen and oxygen atoms in total. The average molecular weight is 271 g/mol. The van der Waals surface area contributed by atoms with Crippen LogP contribution < -0.4 is 4.74 Å². The summed E-state index contributed by atoms with van der Waals surface area (Å²) in [4.78, 5) is 12.7. The van der Waals surface area contributed by atoms with Crippen LogP contribution in [0, 0.1) is 11.6 Å². The molecule has 1 aliphatic rings.